The summed E-state index contributed by atoms with van der Waals surface area (Å²) in [6.45, 7) is 3.52. The number of hydrogen-bond donors (Lipinski definition) is 1. The Labute approximate surface area is 334 Å². The van der Waals surface area contributed by atoms with Crippen LogP contribution in [0.25, 0.3) is 0 Å². The number of carbonyl (C=O) groups excluding carboxylic acids is 2. The number of allylic oxidation sites excluding steroid dienone is 8. The Morgan fingerprint density at radius 2 is 0.961 bits per heavy atom. The monoisotopic (exact) mass is 746 g/mol. The molecular formula is C41H72NaO8P. The molecule has 0 rings (SSSR count). The number of phosphoric acid groups is 1. The van der Waals surface area contributed by atoms with E-state index in [9.17, 15) is 19.0 Å². The van der Waals surface area contributed by atoms with Gasteiger partial charge in [0.25, 0.3) is 7.82 Å². The molecule has 1 N–H and O–H groups in total. The summed E-state index contributed by atoms with van der Waals surface area (Å²) in [5.41, 5.74) is 0. The van der Waals surface area contributed by atoms with Gasteiger partial charge in [0, 0.05) is 12.8 Å². The first kappa shape index (κ1) is 52.1. The molecule has 0 amide bonds. The molecule has 0 saturated heterocycles. The molecule has 0 spiro atoms. The van der Waals surface area contributed by atoms with Crippen molar-refractivity contribution < 1.29 is 67.5 Å². The van der Waals surface area contributed by atoms with E-state index in [-0.39, 0.29) is 49.0 Å². The maximum atomic E-state index is 12.3. The van der Waals surface area contributed by atoms with Gasteiger partial charge >= 0.3 is 41.5 Å². The number of hydrogen-bond acceptors (Lipinski definition) is 7. The van der Waals surface area contributed by atoms with E-state index in [2.05, 4.69) is 54.8 Å². The predicted molar refractivity (Wildman–Crippen MR) is 205 cm³/mol. The third kappa shape index (κ3) is 43.3. The van der Waals surface area contributed by atoms with Gasteiger partial charge in [-0.05, 0) is 51.4 Å². The van der Waals surface area contributed by atoms with Gasteiger partial charge in [0.05, 0.1) is 6.61 Å². The van der Waals surface area contributed by atoms with Crippen molar-refractivity contribution in [2.45, 2.75) is 187 Å². The Bertz CT molecular complexity index is 959. The van der Waals surface area contributed by atoms with Gasteiger partial charge in [-0.25, -0.2) is 0 Å². The fourth-order valence-corrected chi connectivity index (χ4v) is 5.72. The number of ether oxygens (including phenoxy) is 2. The zero-order chi connectivity index (χ0) is 36.8. The standard InChI is InChI=1S/C41H73O8P.Na/c1-3-5-7-9-11-13-15-17-19-20-22-24-26-28-30-32-34-36-41(43)49-39(38-48-50(44,45)46)37-47-40(42)35-33-31-29-27-25-23-21-18-16-14-12-10-8-6-4-2;/h11,13,17,19,22,24,28,30,39H,3-10,12,14-16,18,20-21,23,25-27,29,31-38H2,1-2H3,(H2,44,45,46);/q;+1/p-1/b13-11-,19-17-,24-22-,30-28-;. The molecule has 0 bridgehead atoms. The average molecular weight is 747 g/mol. The van der Waals surface area contributed by atoms with Crippen molar-refractivity contribution in [1.82, 2.24) is 0 Å². The molecule has 10 heteroatoms. The van der Waals surface area contributed by atoms with Crippen LogP contribution in [-0.2, 0) is 28.2 Å². The molecule has 2 atom stereocenters. The molecule has 290 valence electrons. The Morgan fingerprint density at radius 3 is 1.43 bits per heavy atom. The Hall–Kier alpha value is -0.990. The van der Waals surface area contributed by atoms with E-state index in [1.807, 2.05) is 12.2 Å². The van der Waals surface area contributed by atoms with E-state index in [4.69, 9.17) is 14.4 Å². The largest absolute Gasteiger partial charge is 1.00 e. The Morgan fingerprint density at radius 1 is 0.569 bits per heavy atom. The quantitative estimate of drug-likeness (QED) is 0.0223. The average Bonchev–Trinajstić information content (AvgIpc) is 3.08. The molecule has 0 aromatic heterocycles. The Balaban J connectivity index is 0. The van der Waals surface area contributed by atoms with Gasteiger partial charge in [-0.2, -0.15) is 0 Å². The third-order valence-corrected chi connectivity index (χ3v) is 8.82. The van der Waals surface area contributed by atoms with Crippen molar-refractivity contribution in [3.8, 4) is 0 Å². The van der Waals surface area contributed by atoms with E-state index in [1.165, 1.54) is 103 Å². The second-order valence-electron chi connectivity index (χ2n) is 13.2. The van der Waals surface area contributed by atoms with Crippen LogP contribution >= 0.6 is 7.82 Å². The smallest absolute Gasteiger partial charge is 0.756 e. The molecule has 0 saturated carbocycles. The molecule has 0 fully saturated rings. The van der Waals surface area contributed by atoms with Crippen molar-refractivity contribution in [3.63, 3.8) is 0 Å². The van der Waals surface area contributed by atoms with E-state index >= 15 is 0 Å². The molecule has 0 radical (unpaired) electrons. The molecule has 0 aromatic rings. The van der Waals surface area contributed by atoms with Crippen LogP contribution in [0.15, 0.2) is 48.6 Å². The summed E-state index contributed by atoms with van der Waals surface area (Å²) >= 11 is 0. The molecule has 0 aliphatic rings. The zero-order valence-electron chi connectivity index (χ0n) is 32.7. The summed E-state index contributed by atoms with van der Waals surface area (Å²) in [6.07, 6.45) is 43.8. The van der Waals surface area contributed by atoms with Crippen LogP contribution in [-0.4, -0.2) is 36.1 Å². The van der Waals surface area contributed by atoms with Gasteiger partial charge in [-0.3, -0.25) is 14.2 Å². The fourth-order valence-electron chi connectivity index (χ4n) is 5.36. The normalized spacial score (nSPS) is 13.6. The summed E-state index contributed by atoms with van der Waals surface area (Å²) < 4.78 is 26.0. The van der Waals surface area contributed by atoms with Gasteiger partial charge in [0.15, 0.2) is 6.10 Å². The number of rotatable bonds is 36. The Kier molecular flexibility index (Phi) is 41.1. The summed E-state index contributed by atoms with van der Waals surface area (Å²) in [7, 11) is -5.02. The number of carbonyl (C=O) groups is 2. The minimum absolute atomic E-state index is 0. The molecule has 0 heterocycles. The topological polar surface area (TPSA) is 122 Å². The van der Waals surface area contributed by atoms with Crippen LogP contribution in [0.5, 0.6) is 0 Å². The molecule has 2 unspecified atom stereocenters. The van der Waals surface area contributed by atoms with Gasteiger partial charge < -0.3 is 23.8 Å². The van der Waals surface area contributed by atoms with E-state index < -0.39 is 32.5 Å². The number of unbranched alkanes of at least 4 members (excludes halogenated alkanes) is 18. The van der Waals surface area contributed by atoms with Crippen molar-refractivity contribution in [2.24, 2.45) is 0 Å². The van der Waals surface area contributed by atoms with Gasteiger partial charge in [0.2, 0.25) is 0 Å². The van der Waals surface area contributed by atoms with Crippen LogP contribution < -0.4 is 34.5 Å². The van der Waals surface area contributed by atoms with Gasteiger partial charge in [-0.1, -0.05) is 165 Å². The molecule has 0 aliphatic carbocycles. The molecule has 0 aliphatic heterocycles. The second-order valence-corrected chi connectivity index (χ2v) is 14.4. The second kappa shape index (κ2) is 40.2. The van der Waals surface area contributed by atoms with Crippen LogP contribution in [0.4, 0.5) is 0 Å². The summed E-state index contributed by atoms with van der Waals surface area (Å²) in [5.74, 6) is -0.984. The van der Waals surface area contributed by atoms with Crippen molar-refractivity contribution in [1.29, 1.82) is 0 Å². The first-order valence-corrected chi connectivity index (χ1v) is 21.4. The first-order valence-electron chi connectivity index (χ1n) is 19.9. The van der Waals surface area contributed by atoms with Crippen LogP contribution in [0, 0.1) is 0 Å². The molecular weight excluding hydrogens is 674 g/mol. The van der Waals surface area contributed by atoms with Crippen molar-refractivity contribution in [2.75, 3.05) is 13.2 Å². The SMILES string of the molecule is CCCCC/C=C\C/C=C\C/C=C\C/C=C\CCCC(=O)OC(COC(=O)CCCCCCCCCCCCCCCCC)COP(=O)([O-])O.[Na+]. The van der Waals surface area contributed by atoms with Crippen LogP contribution in [0.2, 0.25) is 0 Å². The first-order chi connectivity index (χ1) is 24.3. The maximum Gasteiger partial charge on any atom is 1.00 e. The molecule has 51 heavy (non-hydrogen) atoms. The van der Waals surface area contributed by atoms with Crippen LogP contribution in [0.3, 0.4) is 0 Å². The number of phosphoric ester groups is 1. The fraction of sp³-hybridized carbons (Fsp3) is 0.756. The number of esters is 2. The third-order valence-electron chi connectivity index (χ3n) is 8.35. The summed E-state index contributed by atoms with van der Waals surface area (Å²) in [4.78, 5) is 44.6. The summed E-state index contributed by atoms with van der Waals surface area (Å²) in [6, 6.07) is 0. The maximum absolute atomic E-state index is 12.3. The van der Waals surface area contributed by atoms with Crippen LogP contribution in [0.1, 0.15) is 181 Å². The van der Waals surface area contributed by atoms with E-state index in [1.54, 1.807) is 0 Å². The summed E-state index contributed by atoms with van der Waals surface area (Å²) in [5, 5.41) is 0. The minimum Gasteiger partial charge on any atom is -0.756 e. The zero-order valence-corrected chi connectivity index (χ0v) is 35.6. The van der Waals surface area contributed by atoms with Gasteiger partial charge in [0.1, 0.15) is 6.61 Å². The van der Waals surface area contributed by atoms with Gasteiger partial charge in [-0.15, -0.1) is 0 Å². The molecule has 8 nitrogen and oxygen atoms in total. The van der Waals surface area contributed by atoms with Crippen molar-refractivity contribution in [3.05, 3.63) is 48.6 Å². The van der Waals surface area contributed by atoms with Crippen molar-refractivity contribution >= 4 is 19.8 Å². The minimum atomic E-state index is -5.02. The molecule has 0 aromatic carbocycles. The predicted octanol–water partition coefficient (Wildman–Crippen LogP) is 8.33. The van der Waals surface area contributed by atoms with E-state index in [0.717, 1.165) is 32.1 Å². The van der Waals surface area contributed by atoms with E-state index in [0.29, 0.717) is 19.3 Å².